The second-order valence-electron chi connectivity index (χ2n) is 5.01. The Labute approximate surface area is 124 Å². The van der Waals surface area contributed by atoms with Gasteiger partial charge < -0.3 is 10.2 Å². The van der Waals surface area contributed by atoms with Crippen molar-refractivity contribution in [1.82, 2.24) is 0 Å². The smallest absolute Gasteiger partial charge is 0.211 e. The van der Waals surface area contributed by atoms with Crippen molar-refractivity contribution in [3.8, 4) is 0 Å². The molecule has 6 heteroatoms. The highest BCUT2D eigenvalue weighted by Gasteiger charge is 2.40. The number of nitrogens with zero attached hydrogens (tertiary/aromatic N) is 1. The molecule has 104 valence electrons. The predicted octanol–water partition coefficient (Wildman–Crippen LogP) is 2.34. The van der Waals surface area contributed by atoms with E-state index < -0.39 is 6.10 Å². The molecule has 5 nitrogen and oxygen atoms in total. The van der Waals surface area contributed by atoms with E-state index in [9.17, 15) is 9.59 Å². The molecule has 1 aromatic carbocycles. The van der Waals surface area contributed by atoms with Gasteiger partial charge in [0, 0.05) is 10.6 Å². The van der Waals surface area contributed by atoms with Crippen molar-refractivity contribution in [2.45, 2.75) is 6.10 Å². The van der Waals surface area contributed by atoms with Crippen molar-refractivity contribution in [3.63, 3.8) is 0 Å². The van der Waals surface area contributed by atoms with E-state index in [-0.39, 0.29) is 23.2 Å². The summed E-state index contributed by atoms with van der Waals surface area (Å²) in [4.78, 5) is 29.9. The highest BCUT2D eigenvalue weighted by atomic mass is 35.5. The number of nitrogens with one attached hydrogen (secondary N) is 1. The van der Waals surface area contributed by atoms with E-state index in [4.69, 9.17) is 16.4 Å². The molecule has 2 unspecified atom stereocenters. The molecule has 21 heavy (non-hydrogen) atoms. The Morgan fingerprint density at radius 1 is 1.29 bits per heavy atom. The molecule has 3 aliphatic rings. The number of fused-ring (bicyclic) bond motifs is 2. The van der Waals surface area contributed by atoms with E-state index in [0.29, 0.717) is 21.8 Å². The van der Waals surface area contributed by atoms with Crippen LogP contribution < -0.4 is 5.32 Å². The Kier molecular flexibility index (Phi) is 2.53. The topological polar surface area (TPSA) is 67.8 Å². The van der Waals surface area contributed by atoms with Gasteiger partial charge >= 0.3 is 0 Å². The third kappa shape index (κ3) is 1.74. The van der Waals surface area contributed by atoms with Crippen molar-refractivity contribution in [1.29, 1.82) is 0 Å². The molecule has 1 aliphatic carbocycles. The zero-order valence-corrected chi connectivity index (χ0v) is 11.4. The quantitative estimate of drug-likeness (QED) is 0.747. The maximum Gasteiger partial charge on any atom is 0.211 e. The predicted molar refractivity (Wildman–Crippen MR) is 77.4 cm³/mol. The highest BCUT2D eigenvalue weighted by Crippen LogP contribution is 2.36. The normalized spacial score (nSPS) is 29.2. The van der Waals surface area contributed by atoms with Crippen LogP contribution in [0.5, 0.6) is 0 Å². The number of carbonyl (C=O) groups excluding carboxylic acids is 2. The summed E-state index contributed by atoms with van der Waals surface area (Å²) < 4.78 is 0. The van der Waals surface area contributed by atoms with Gasteiger partial charge in [0.05, 0.1) is 29.1 Å². The van der Waals surface area contributed by atoms with Crippen LogP contribution in [0.1, 0.15) is 10.4 Å². The fraction of sp³-hybridized carbons (Fsp3) is 0.133. The lowest BCUT2D eigenvalue weighted by molar-refractivity contribution is -0.113. The lowest BCUT2D eigenvalue weighted by Gasteiger charge is -2.21. The van der Waals surface area contributed by atoms with Crippen LogP contribution in [0.2, 0.25) is 5.02 Å². The van der Waals surface area contributed by atoms with Gasteiger partial charge in [0.25, 0.3) is 0 Å². The highest BCUT2D eigenvalue weighted by molar-refractivity contribution is 6.32. The van der Waals surface area contributed by atoms with Crippen molar-refractivity contribution in [2.75, 3.05) is 5.32 Å². The van der Waals surface area contributed by atoms with Gasteiger partial charge in [-0.15, -0.1) is 0 Å². The molecule has 0 aromatic heterocycles. The van der Waals surface area contributed by atoms with E-state index >= 15 is 0 Å². The number of rotatable bonds is 0. The first-order chi connectivity index (χ1) is 10.1. The minimum absolute atomic E-state index is 0.118. The summed E-state index contributed by atoms with van der Waals surface area (Å²) in [6.07, 6.45) is 4.27. The molecule has 0 amide bonds. The molecule has 0 saturated heterocycles. The minimum Gasteiger partial charge on any atom is -0.387 e. The molecular formula is C15H9ClN2O3. The summed E-state index contributed by atoms with van der Waals surface area (Å²) in [5, 5.41) is 7.26. The van der Waals surface area contributed by atoms with Gasteiger partial charge in [0.15, 0.2) is 11.9 Å². The number of halogens is 1. The molecular weight excluding hydrogens is 292 g/mol. The van der Waals surface area contributed by atoms with E-state index in [1.165, 1.54) is 6.08 Å². The molecule has 0 fully saturated rings. The van der Waals surface area contributed by atoms with Crippen LogP contribution in [0.15, 0.2) is 46.8 Å². The standard InChI is InChI=1S/C15H9ClN2O3/c16-8-2-3-9-10(5-8)18-13(14(9)20)12-11(19)4-1-7-6-17-21-15(7)12/h1-7,15,18H. The maximum atomic E-state index is 12.5. The maximum absolute atomic E-state index is 12.5. The van der Waals surface area contributed by atoms with Crippen LogP contribution in [0.3, 0.4) is 0 Å². The van der Waals surface area contributed by atoms with Crippen LogP contribution in [0, 0.1) is 5.92 Å². The summed E-state index contributed by atoms with van der Waals surface area (Å²) in [7, 11) is 0. The Balaban J connectivity index is 1.85. The SMILES string of the molecule is O=C1C=CC2C=NOC2C1=C1Nc2cc(Cl)ccc2C1=O. The summed E-state index contributed by atoms with van der Waals surface area (Å²) in [6, 6.07) is 4.95. The fourth-order valence-corrected chi connectivity index (χ4v) is 2.91. The van der Waals surface area contributed by atoms with Crippen molar-refractivity contribution >= 4 is 35.1 Å². The molecule has 0 bridgehead atoms. The number of ketones is 2. The number of anilines is 1. The Hall–Kier alpha value is -2.40. The van der Waals surface area contributed by atoms with Gasteiger partial charge in [-0.2, -0.15) is 0 Å². The number of hydrogen-bond donors (Lipinski definition) is 1. The zero-order valence-electron chi connectivity index (χ0n) is 10.7. The van der Waals surface area contributed by atoms with Gasteiger partial charge in [0.1, 0.15) is 0 Å². The van der Waals surface area contributed by atoms with Gasteiger partial charge in [-0.25, -0.2) is 0 Å². The average molecular weight is 301 g/mol. The van der Waals surface area contributed by atoms with Crippen LogP contribution in [0.25, 0.3) is 0 Å². The molecule has 2 heterocycles. The third-order valence-electron chi connectivity index (χ3n) is 3.76. The van der Waals surface area contributed by atoms with Crippen LogP contribution in [-0.4, -0.2) is 23.9 Å². The molecule has 2 aliphatic heterocycles. The minimum atomic E-state index is -0.543. The van der Waals surface area contributed by atoms with Gasteiger partial charge in [-0.3, -0.25) is 9.59 Å². The van der Waals surface area contributed by atoms with Crippen LogP contribution in [0.4, 0.5) is 5.69 Å². The van der Waals surface area contributed by atoms with E-state index in [0.717, 1.165) is 0 Å². The van der Waals surface area contributed by atoms with Crippen molar-refractivity contribution < 1.29 is 14.4 Å². The van der Waals surface area contributed by atoms with Gasteiger partial charge in [-0.05, 0) is 24.3 Å². The third-order valence-corrected chi connectivity index (χ3v) is 3.99. The van der Waals surface area contributed by atoms with E-state index in [1.54, 1.807) is 30.5 Å². The first kappa shape index (κ1) is 12.3. The molecule has 4 rings (SSSR count). The molecule has 0 spiro atoms. The second kappa shape index (κ2) is 4.30. The first-order valence-electron chi connectivity index (χ1n) is 6.42. The number of allylic oxidation sites excluding steroid dienone is 2. The molecule has 1 N–H and O–H groups in total. The Bertz CT molecular complexity index is 779. The van der Waals surface area contributed by atoms with Gasteiger partial charge in [-0.1, -0.05) is 22.8 Å². The molecule has 1 aromatic rings. The number of hydrogen-bond acceptors (Lipinski definition) is 5. The lowest BCUT2D eigenvalue weighted by atomic mass is 9.86. The number of oxime groups is 1. The van der Waals surface area contributed by atoms with Gasteiger partial charge in [0.2, 0.25) is 5.78 Å². The summed E-state index contributed by atoms with van der Waals surface area (Å²) in [5.41, 5.74) is 1.67. The fourth-order valence-electron chi connectivity index (χ4n) is 2.74. The van der Waals surface area contributed by atoms with Crippen molar-refractivity contribution in [2.24, 2.45) is 11.1 Å². The van der Waals surface area contributed by atoms with Crippen molar-refractivity contribution in [3.05, 3.63) is 52.2 Å². The Morgan fingerprint density at radius 3 is 3.00 bits per heavy atom. The zero-order chi connectivity index (χ0) is 14.6. The largest absolute Gasteiger partial charge is 0.387 e. The lowest BCUT2D eigenvalue weighted by Crippen LogP contribution is -2.31. The Morgan fingerprint density at radius 2 is 2.14 bits per heavy atom. The summed E-state index contributed by atoms with van der Waals surface area (Å²) in [6.45, 7) is 0. The summed E-state index contributed by atoms with van der Waals surface area (Å²) in [5.74, 6) is -0.585. The van der Waals surface area contributed by atoms with E-state index in [1.807, 2.05) is 0 Å². The molecule has 0 radical (unpaired) electrons. The summed E-state index contributed by atoms with van der Waals surface area (Å²) >= 11 is 5.93. The molecule has 0 saturated carbocycles. The van der Waals surface area contributed by atoms with Crippen LogP contribution >= 0.6 is 11.6 Å². The number of carbonyl (C=O) groups is 2. The van der Waals surface area contributed by atoms with Crippen LogP contribution in [-0.2, 0) is 9.63 Å². The second-order valence-corrected chi connectivity index (χ2v) is 5.45. The number of Topliss-reactive ketones (excluding diaryl/α,β-unsaturated/α-hetero) is 1. The average Bonchev–Trinajstić information content (AvgIpc) is 3.04. The monoisotopic (exact) mass is 300 g/mol. The van der Waals surface area contributed by atoms with E-state index in [2.05, 4.69) is 10.5 Å². The molecule has 2 atom stereocenters. The number of benzene rings is 1. The first-order valence-corrected chi connectivity index (χ1v) is 6.80.